The van der Waals surface area contributed by atoms with E-state index in [0.717, 1.165) is 12.0 Å². The number of amides is 2. The summed E-state index contributed by atoms with van der Waals surface area (Å²) in [5.41, 5.74) is 0.768. The molecule has 2 rings (SSSR count). The maximum Gasteiger partial charge on any atom is 0.261 e. The third-order valence-electron chi connectivity index (χ3n) is 5.11. The van der Waals surface area contributed by atoms with Gasteiger partial charge in [-0.25, -0.2) is 0 Å². The van der Waals surface area contributed by atoms with E-state index >= 15 is 0 Å². The molecule has 1 N–H and O–H groups in total. The topological polar surface area (TPSA) is 67.9 Å². The Morgan fingerprint density at radius 3 is 2.29 bits per heavy atom. The second-order valence-corrected chi connectivity index (χ2v) is 7.70. The third kappa shape index (κ3) is 6.89. The van der Waals surface area contributed by atoms with Gasteiger partial charge in [-0.2, -0.15) is 0 Å². The zero-order chi connectivity index (χ0) is 22.8. The van der Waals surface area contributed by atoms with E-state index in [1.54, 1.807) is 31.4 Å². The summed E-state index contributed by atoms with van der Waals surface area (Å²) in [5, 5.41) is 3.53. The van der Waals surface area contributed by atoms with E-state index in [4.69, 9.17) is 21.1 Å². The molecular formula is C24H31ClN2O4. The molecule has 0 saturated carbocycles. The van der Waals surface area contributed by atoms with Crippen LogP contribution in [0.5, 0.6) is 11.5 Å². The van der Waals surface area contributed by atoms with Gasteiger partial charge in [-0.05, 0) is 43.5 Å². The number of nitrogens with one attached hydrogen (secondary N) is 1. The second-order valence-electron chi connectivity index (χ2n) is 7.29. The number of benzene rings is 2. The standard InChI is InChI=1S/C24H31ClN2O4/c1-5-17(3)26-24(29)20(6-2)27(15-18-11-7-8-12-19(18)25)23(28)16-31-22-14-10-9-13-21(22)30-4/h7-14,17,20H,5-6,15-16H2,1-4H3,(H,26,29). The lowest BCUT2D eigenvalue weighted by molar-refractivity contribution is -0.143. The van der Waals surface area contributed by atoms with E-state index in [-0.39, 0.29) is 31.0 Å². The molecule has 168 valence electrons. The van der Waals surface area contributed by atoms with Crippen LogP contribution in [0.3, 0.4) is 0 Å². The molecule has 0 radical (unpaired) electrons. The van der Waals surface area contributed by atoms with Crippen LogP contribution in [-0.2, 0) is 16.1 Å². The minimum Gasteiger partial charge on any atom is -0.493 e. The fourth-order valence-electron chi connectivity index (χ4n) is 3.13. The number of halogens is 1. The van der Waals surface area contributed by atoms with Gasteiger partial charge < -0.3 is 19.7 Å². The highest BCUT2D eigenvalue weighted by atomic mass is 35.5. The number of carbonyl (C=O) groups excluding carboxylic acids is 2. The Morgan fingerprint density at radius 2 is 1.68 bits per heavy atom. The number of nitrogens with zero attached hydrogens (tertiary/aromatic N) is 1. The van der Waals surface area contributed by atoms with Crippen molar-refractivity contribution >= 4 is 23.4 Å². The van der Waals surface area contributed by atoms with Crippen molar-refractivity contribution in [3.05, 3.63) is 59.1 Å². The van der Waals surface area contributed by atoms with Crippen molar-refractivity contribution < 1.29 is 19.1 Å². The molecule has 2 atom stereocenters. The highest BCUT2D eigenvalue weighted by Crippen LogP contribution is 2.26. The van der Waals surface area contributed by atoms with Crippen molar-refractivity contribution in [3.8, 4) is 11.5 Å². The molecule has 31 heavy (non-hydrogen) atoms. The quantitative estimate of drug-likeness (QED) is 0.553. The Balaban J connectivity index is 2.25. The van der Waals surface area contributed by atoms with E-state index in [1.165, 1.54) is 4.90 Å². The average molecular weight is 447 g/mol. The maximum absolute atomic E-state index is 13.2. The SMILES string of the molecule is CCC(C)NC(=O)C(CC)N(Cc1ccccc1Cl)C(=O)COc1ccccc1OC. The zero-order valence-electron chi connectivity index (χ0n) is 18.6. The Bertz CT molecular complexity index is 874. The molecule has 2 unspecified atom stereocenters. The zero-order valence-corrected chi connectivity index (χ0v) is 19.3. The first kappa shape index (κ1) is 24.5. The maximum atomic E-state index is 13.2. The lowest BCUT2D eigenvalue weighted by Gasteiger charge is -2.31. The molecule has 2 aromatic rings. The van der Waals surface area contributed by atoms with Gasteiger partial charge in [0.1, 0.15) is 6.04 Å². The summed E-state index contributed by atoms with van der Waals surface area (Å²) in [6.45, 7) is 5.81. The van der Waals surface area contributed by atoms with Crippen LogP contribution in [0.2, 0.25) is 5.02 Å². The number of rotatable bonds is 11. The largest absolute Gasteiger partial charge is 0.493 e. The van der Waals surface area contributed by atoms with Crippen molar-refractivity contribution in [2.45, 2.75) is 52.2 Å². The Hall–Kier alpha value is -2.73. The number of methoxy groups -OCH3 is 1. The minimum atomic E-state index is -0.640. The summed E-state index contributed by atoms with van der Waals surface area (Å²) < 4.78 is 11.0. The molecule has 0 aliphatic heterocycles. The van der Waals surface area contributed by atoms with Crippen LogP contribution >= 0.6 is 11.6 Å². The lowest BCUT2D eigenvalue weighted by Crippen LogP contribution is -2.51. The lowest BCUT2D eigenvalue weighted by atomic mass is 10.1. The summed E-state index contributed by atoms with van der Waals surface area (Å²) in [6.07, 6.45) is 1.27. The van der Waals surface area contributed by atoms with Gasteiger partial charge in [0.25, 0.3) is 5.91 Å². The fourth-order valence-corrected chi connectivity index (χ4v) is 3.33. The Kier molecular flexibility index (Phi) is 9.66. The predicted octanol–water partition coefficient (Wildman–Crippen LogP) is 4.45. The van der Waals surface area contributed by atoms with Crippen molar-refractivity contribution in [2.75, 3.05) is 13.7 Å². The van der Waals surface area contributed by atoms with E-state index in [9.17, 15) is 9.59 Å². The highest BCUT2D eigenvalue weighted by molar-refractivity contribution is 6.31. The second kappa shape index (κ2) is 12.2. The Morgan fingerprint density at radius 1 is 1.03 bits per heavy atom. The molecule has 0 bridgehead atoms. The van der Waals surface area contributed by atoms with Crippen LogP contribution in [0.25, 0.3) is 0 Å². The van der Waals surface area contributed by atoms with Gasteiger partial charge in [-0.1, -0.05) is 55.8 Å². The first-order chi connectivity index (χ1) is 14.9. The highest BCUT2D eigenvalue weighted by Gasteiger charge is 2.30. The monoisotopic (exact) mass is 446 g/mol. The first-order valence-corrected chi connectivity index (χ1v) is 10.9. The molecule has 6 nitrogen and oxygen atoms in total. The molecule has 2 aromatic carbocycles. The molecule has 0 spiro atoms. The van der Waals surface area contributed by atoms with Gasteiger partial charge in [-0.3, -0.25) is 9.59 Å². The van der Waals surface area contributed by atoms with Gasteiger partial charge in [-0.15, -0.1) is 0 Å². The smallest absolute Gasteiger partial charge is 0.261 e. The first-order valence-electron chi connectivity index (χ1n) is 10.5. The van der Waals surface area contributed by atoms with Crippen molar-refractivity contribution in [1.29, 1.82) is 0 Å². The van der Waals surface area contributed by atoms with Crippen LogP contribution in [0.15, 0.2) is 48.5 Å². The summed E-state index contributed by atoms with van der Waals surface area (Å²) in [7, 11) is 1.54. The Labute approximate surface area is 189 Å². The average Bonchev–Trinajstić information content (AvgIpc) is 2.78. The van der Waals surface area contributed by atoms with Crippen LogP contribution < -0.4 is 14.8 Å². The number of carbonyl (C=O) groups is 2. The fraction of sp³-hybridized carbons (Fsp3) is 0.417. The van der Waals surface area contributed by atoms with Crippen molar-refractivity contribution in [1.82, 2.24) is 10.2 Å². The van der Waals surface area contributed by atoms with E-state index in [0.29, 0.717) is 22.9 Å². The van der Waals surface area contributed by atoms with E-state index < -0.39 is 6.04 Å². The minimum absolute atomic E-state index is 0.0173. The van der Waals surface area contributed by atoms with Gasteiger partial charge in [0, 0.05) is 17.6 Å². The summed E-state index contributed by atoms with van der Waals surface area (Å²) in [5.74, 6) is 0.509. The van der Waals surface area contributed by atoms with Gasteiger partial charge in [0.2, 0.25) is 5.91 Å². The molecule has 0 saturated heterocycles. The third-order valence-corrected chi connectivity index (χ3v) is 5.47. The van der Waals surface area contributed by atoms with E-state index in [2.05, 4.69) is 5.32 Å². The van der Waals surface area contributed by atoms with Gasteiger partial charge in [0.15, 0.2) is 18.1 Å². The summed E-state index contributed by atoms with van der Waals surface area (Å²) >= 11 is 6.33. The molecule has 0 fully saturated rings. The van der Waals surface area contributed by atoms with Crippen LogP contribution in [-0.4, -0.2) is 42.5 Å². The predicted molar refractivity (Wildman–Crippen MR) is 122 cm³/mol. The summed E-state index contributed by atoms with van der Waals surface area (Å²) in [4.78, 5) is 27.7. The number of hydrogen-bond donors (Lipinski definition) is 1. The number of para-hydroxylation sites is 2. The van der Waals surface area contributed by atoms with Crippen molar-refractivity contribution in [3.63, 3.8) is 0 Å². The summed E-state index contributed by atoms with van der Waals surface area (Å²) in [6, 6.07) is 13.8. The van der Waals surface area contributed by atoms with Gasteiger partial charge >= 0.3 is 0 Å². The molecule has 2 amide bonds. The molecule has 0 aliphatic rings. The normalized spacial score (nSPS) is 12.5. The van der Waals surface area contributed by atoms with Crippen LogP contribution in [0.4, 0.5) is 0 Å². The van der Waals surface area contributed by atoms with Crippen molar-refractivity contribution in [2.24, 2.45) is 0 Å². The number of hydrogen-bond acceptors (Lipinski definition) is 4. The van der Waals surface area contributed by atoms with Gasteiger partial charge in [0.05, 0.1) is 7.11 Å². The molecule has 7 heteroatoms. The molecule has 0 aliphatic carbocycles. The van der Waals surface area contributed by atoms with Crippen LogP contribution in [0.1, 0.15) is 39.2 Å². The van der Waals surface area contributed by atoms with Crippen LogP contribution in [0, 0.1) is 0 Å². The molecule has 0 aromatic heterocycles. The number of ether oxygens (including phenoxy) is 2. The molecule has 0 heterocycles. The molecular weight excluding hydrogens is 416 g/mol. The van der Waals surface area contributed by atoms with E-state index in [1.807, 2.05) is 45.0 Å².